The van der Waals surface area contributed by atoms with Crippen LogP contribution in [0.25, 0.3) is 10.4 Å². The molecule has 1 aromatic carbocycles. The summed E-state index contributed by atoms with van der Waals surface area (Å²) in [7, 11) is 0. The molecule has 0 aliphatic rings. The Hall–Kier alpha value is -1.49. The summed E-state index contributed by atoms with van der Waals surface area (Å²) in [5.41, 5.74) is 1.30. The molecule has 0 aliphatic heterocycles. The standard InChI is InChI=1S/C16H16N2S2/c1-2-4-13(5-3-1)15-7-6-14(20-15)12-17-9-8-16-18-10-11-19-16/h1-7,10-11,17H,8-9,12H2. The molecule has 20 heavy (non-hydrogen) atoms. The Kier molecular flexibility index (Phi) is 4.58. The Labute approximate surface area is 127 Å². The van der Waals surface area contributed by atoms with Crippen LogP contribution in [0.5, 0.6) is 0 Å². The van der Waals surface area contributed by atoms with Crippen LogP contribution in [0.2, 0.25) is 0 Å². The van der Waals surface area contributed by atoms with Crippen LogP contribution < -0.4 is 5.32 Å². The Balaban J connectivity index is 1.50. The second-order valence-corrected chi connectivity index (χ2v) is 6.63. The van der Waals surface area contributed by atoms with Crippen molar-refractivity contribution in [1.82, 2.24) is 10.3 Å². The Bertz CT molecular complexity index is 630. The first kappa shape index (κ1) is 13.5. The van der Waals surface area contributed by atoms with Crippen LogP contribution >= 0.6 is 22.7 Å². The number of hydrogen-bond donors (Lipinski definition) is 1. The largest absolute Gasteiger partial charge is 0.311 e. The van der Waals surface area contributed by atoms with Gasteiger partial charge in [0.1, 0.15) is 0 Å². The van der Waals surface area contributed by atoms with Crippen LogP contribution in [0.15, 0.2) is 54.0 Å². The van der Waals surface area contributed by atoms with Crippen molar-refractivity contribution in [3.63, 3.8) is 0 Å². The highest BCUT2D eigenvalue weighted by Gasteiger charge is 2.02. The molecule has 0 bridgehead atoms. The second-order valence-electron chi connectivity index (χ2n) is 4.48. The van der Waals surface area contributed by atoms with Crippen LogP contribution in [0.3, 0.4) is 0 Å². The SMILES string of the molecule is c1ccc(-c2ccc(CNCCc3nccs3)s2)cc1. The molecular formula is C16H16N2S2. The highest BCUT2D eigenvalue weighted by Crippen LogP contribution is 2.27. The van der Waals surface area contributed by atoms with Crippen LogP contribution in [-0.4, -0.2) is 11.5 Å². The van der Waals surface area contributed by atoms with Crippen molar-refractivity contribution in [2.24, 2.45) is 0 Å². The summed E-state index contributed by atoms with van der Waals surface area (Å²) in [6.45, 7) is 1.91. The van der Waals surface area contributed by atoms with Gasteiger partial charge < -0.3 is 5.32 Å². The quantitative estimate of drug-likeness (QED) is 0.690. The number of nitrogens with zero attached hydrogens (tertiary/aromatic N) is 1. The summed E-state index contributed by atoms with van der Waals surface area (Å²) in [6, 6.07) is 15.0. The van der Waals surface area contributed by atoms with Gasteiger partial charge in [-0.1, -0.05) is 30.3 Å². The lowest BCUT2D eigenvalue weighted by molar-refractivity contribution is 0.692. The molecule has 102 valence electrons. The van der Waals surface area contributed by atoms with Crippen molar-refractivity contribution in [2.45, 2.75) is 13.0 Å². The van der Waals surface area contributed by atoms with Gasteiger partial charge in [-0.25, -0.2) is 4.98 Å². The fourth-order valence-electron chi connectivity index (χ4n) is 2.01. The van der Waals surface area contributed by atoms with Crippen molar-refractivity contribution < 1.29 is 0 Å². The van der Waals surface area contributed by atoms with Crippen molar-refractivity contribution in [3.8, 4) is 10.4 Å². The molecule has 3 rings (SSSR count). The van der Waals surface area contributed by atoms with Crippen molar-refractivity contribution in [2.75, 3.05) is 6.54 Å². The zero-order chi connectivity index (χ0) is 13.6. The zero-order valence-electron chi connectivity index (χ0n) is 11.1. The summed E-state index contributed by atoms with van der Waals surface area (Å²) in [4.78, 5) is 7.00. The molecule has 0 spiro atoms. The van der Waals surface area contributed by atoms with Gasteiger partial charge in [-0.15, -0.1) is 22.7 Å². The van der Waals surface area contributed by atoms with Gasteiger partial charge in [0.05, 0.1) is 5.01 Å². The molecule has 4 heteroatoms. The third kappa shape index (κ3) is 3.54. The summed E-state index contributed by atoms with van der Waals surface area (Å²) in [6.07, 6.45) is 2.87. The van der Waals surface area contributed by atoms with E-state index in [1.165, 1.54) is 20.3 Å². The van der Waals surface area contributed by atoms with Gasteiger partial charge in [0.15, 0.2) is 0 Å². The van der Waals surface area contributed by atoms with Gasteiger partial charge in [-0.05, 0) is 17.7 Å². The monoisotopic (exact) mass is 300 g/mol. The number of benzene rings is 1. The van der Waals surface area contributed by atoms with E-state index in [9.17, 15) is 0 Å². The van der Waals surface area contributed by atoms with Crippen molar-refractivity contribution >= 4 is 22.7 Å². The fourth-order valence-corrected chi connectivity index (χ4v) is 3.62. The lowest BCUT2D eigenvalue weighted by Crippen LogP contribution is -2.15. The molecule has 0 unspecified atom stereocenters. The third-order valence-corrected chi connectivity index (χ3v) is 4.99. The van der Waals surface area contributed by atoms with E-state index in [1.54, 1.807) is 11.3 Å². The number of aromatic nitrogens is 1. The molecule has 0 atom stereocenters. The number of thiazole rings is 1. The van der Waals surface area contributed by atoms with E-state index in [0.29, 0.717) is 0 Å². The van der Waals surface area contributed by atoms with E-state index in [4.69, 9.17) is 0 Å². The van der Waals surface area contributed by atoms with Gasteiger partial charge in [0.25, 0.3) is 0 Å². The predicted octanol–water partition coefficient (Wildman–Crippen LogP) is 4.20. The molecule has 3 aromatic rings. The molecule has 0 radical (unpaired) electrons. The van der Waals surface area contributed by atoms with Crippen LogP contribution in [-0.2, 0) is 13.0 Å². The van der Waals surface area contributed by atoms with Crippen LogP contribution in [0.4, 0.5) is 0 Å². The maximum Gasteiger partial charge on any atom is 0.0937 e. The highest BCUT2D eigenvalue weighted by molar-refractivity contribution is 7.15. The molecule has 0 aliphatic carbocycles. The normalized spacial score (nSPS) is 10.8. The van der Waals surface area contributed by atoms with E-state index >= 15 is 0 Å². The summed E-state index contributed by atoms with van der Waals surface area (Å²) >= 11 is 3.58. The van der Waals surface area contributed by atoms with Gasteiger partial charge in [-0.3, -0.25) is 0 Å². The second kappa shape index (κ2) is 6.79. The number of nitrogens with one attached hydrogen (secondary N) is 1. The van der Waals surface area contributed by atoms with E-state index in [0.717, 1.165) is 19.5 Å². The minimum atomic E-state index is 0.933. The van der Waals surface area contributed by atoms with Gasteiger partial charge in [0, 0.05) is 40.8 Å². The lowest BCUT2D eigenvalue weighted by Gasteiger charge is -2.01. The predicted molar refractivity (Wildman–Crippen MR) is 87.3 cm³/mol. The van der Waals surface area contributed by atoms with Crippen LogP contribution in [0.1, 0.15) is 9.88 Å². The minimum absolute atomic E-state index is 0.933. The molecule has 0 amide bonds. The Morgan fingerprint density at radius 1 is 1.05 bits per heavy atom. The Morgan fingerprint density at radius 2 is 1.95 bits per heavy atom. The molecule has 2 aromatic heterocycles. The summed E-state index contributed by atoms with van der Waals surface area (Å²) < 4.78 is 0. The molecule has 0 saturated heterocycles. The van der Waals surface area contributed by atoms with Crippen molar-refractivity contribution in [3.05, 3.63) is 63.9 Å². The fraction of sp³-hybridized carbons (Fsp3) is 0.188. The molecule has 2 nitrogen and oxygen atoms in total. The van der Waals surface area contributed by atoms with Gasteiger partial charge in [-0.2, -0.15) is 0 Å². The average Bonchev–Trinajstić information content (AvgIpc) is 3.16. The molecule has 2 heterocycles. The number of hydrogen-bond acceptors (Lipinski definition) is 4. The number of thiophene rings is 1. The zero-order valence-corrected chi connectivity index (χ0v) is 12.7. The molecule has 0 fully saturated rings. The third-order valence-electron chi connectivity index (χ3n) is 3.02. The molecular weight excluding hydrogens is 284 g/mol. The van der Waals surface area contributed by atoms with Gasteiger partial charge in [0.2, 0.25) is 0 Å². The maximum atomic E-state index is 4.29. The first-order chi connectivity index (χ1) is 9.92. The summed E-state index contributed by atoms with van der Waals surface area (Å²) in [5, 5.41) is 6.71. The van der Waals surface area contributed by atoms with Gasteiger partial charge >= 0.3 is 0 Å². The lowest BCUT2D eigenvalue weighted by atomic mass is 10.2. The van der Waals surface area contributed by atoms with E-state index in [1.807, 2.05) is 22.9 Å². The minimum Gasteiger partial charge on any atom is -0.311 e. The Morgan fingerprint density at radius 3 is 2.75 bits per heavy atom. The summed E-state index contributed by atoms with van der Waals surface area (Å²) in [5.74, 6) is 0. The van der Waals surface area contributed by atoms with E-state index < -0.39 is 0 Å². The van der Waals surface area contributed by atoms with Crippen LogP contribution in [0, 0.1) is 0 Å². The first-order valence-corrected chi connectivity index (χ1v) is 8.34. The average molecular weight is 300 g/mol. The smallest absolute Gasteiger partial charge is 0.0937 e. The number of rotatable bonds is 6. The molecule has 1 N–H and O–H groups in total. The maximum absolute atomic E-state index is 4.29. The van der Waals surface area contributed by atoms with E-state index in [-0.39, 0.29) is 0 Å². The van der Waals surface area contributed by atoms with E-state index in [2.05, 4.69) is 52.8 Å². The molecule has 0 saturated carbocycles. The van der Waals surface area contributed by atoms with Crippen molar-refractivity contribution in [1.29, 1.82) is 0 Å². The first-order valence-electron chi connectivity index (χ1n) is 6.65. The highest BCUT2D eigenvalue weighted by atomic mass is 32.1. The topological polar surface area (TPSA) is 24.9 Å².